The van der Waals surface area contributed by atoms with Crippen LogP contribution in [0.25, 0.3) is 0 Å². The van der Waals surface area contributed by atoms with E-state index in [0.717, 1.165) is 0 Å². The maximum Gasteiger partial charge on any atom is 0.0906 e. The van der Waals surface area contributed by atoms with Crippen LogP contribution in [0.2, 0.25) is 0 Å². The second-order valence-corrected chi connectivity index (χ2v) is 1.52. The van der Waals surface area contributed by atoms with Crippen LogP contribution in [0.5, 0.6) is 0 Å². The van der Waals surface area contributed by atoms with Crippen LogP contribution in [0.1, 0.15) is 6.42 Å². The molecule has 0 aliphatic rings. The van der Waals surface area contributed by atoms with E-state index >= 15 is 0 Å². The average Bonchev–Trinajstić information content (AvgIpc) is 1.81. The fraction of sp³-hybridized carbons (Fsp3) is 1.00. The third kappa shape index (κ3) is 5.85. The van der Waals surface area contributed by atoms with E-state index in [2.05, 4.69) is 5.32 Å². The number of hydrogen-bond acceptors (Lipinski definition) is 2. The van der Waals surface area contributed by atoms with Gasteiger partial charge in [0.1, 0.15) is 0 Å². The molecule has 3 heteroatoms. The molecule has 0 aliphatic heterocycles. The molecule has 0 saturated carbocycles. The van der Waals surface area contributed by atoms with Crippen molar-refractivity contribution in [1.29, 1.82) is 0 Å². The predicted molar refractivity (Wildman–Crippen MR) is 30.5 cm³/mol. The van der Waals surface area contributed by atoms with E-state index in [1.165, 1.54) is 0 Å². The lowest BCUT2D eigenvalue weighted by molar-refractivity contribution is 0.291. The Bertz CT molecular complexity index is 37.4. The Balaban J connectivity index is 2.53. The largest absolute Gasteiger partial charge is 0.395 e. The second kappa shape index (κ2) is 6.85. The van der Waals surface area contributed by atoms with Crippen molar-refractivity contribution >= 4 is 0 Å². The Morgan fingerprint density at radius 2 is 2.12 bits per heavy atom. The van der Waals surface area contributed by atoms with Crippen LogP contribution >= 0.6 is 0 Å². The predicted octanol–water partition coefficient (Wildman–Crippen LogP) is -0.0721. The first-order valence-electron chi connectivity index (χ1n) is 2.79. The summed E-state index contributed by atoms with van der Waals surface area (Å²) in [7, 11) is 0. The Morgan fingerprint density at radius 3 is 2.62 bits per heavy atom. The molecule has 0 aromatic rings. The minimum atomic E-state index is -0.279. The average molecular weight is 121 g/mol. The summed E-state index contributed by atoms with van der Waals surface area (Å²) in [4.78, 5) is 0. The lowest BCUT2D eigenvalue weighted by atomic mass is 10.4. The van der Waals surface area contributed by atoms with Gasteiger partial charge in [-0.15, -0.1) is 0 Å². The molecule has 0 unspecified atom stereocenters. The van der Waals surface area contributed by atoms with Crippen LogP contribution in [-0.2, 0) is 0 Å². The van der Waals surface area contributed by atoms with E-state index in [1.807, 2.05) is 0 Å². The summed E-state index contributed by atoms with van der Waals surface area (Å²) in [6.45, 7) is 1.09. The normalized spacial score (nSPS) is 9.75. The summed E-state index contributed by atoms with van der Waals surface area (Å²) in [5.41, 5.74) is 0. The van der Waals surface area contributed by atoms with Crippen molar-refractivity contribution in [3.05, 3.63) is 0 Å². The zero-order valence-electron chi connectivity index (χ0n) is 4.86. The monoisotopic (exact) mass is 121 g/mol. The van der Waals surface area contributed by atoms with Gasteiger partial charge in [0.2, 0.25) is 0 Å². The lowest BCUT2D eigenvalue weighted by Crippen LogP contribution is -2.19. The molecule has 0 heterocycles. The summed E-state index contributed by atoms with van der Waals surface area (Å²) in [5, 5.41) is 11.1. The lowest BCUT2D eigenvalue weighted by Gasteiger charge is -1.96. The van der Waals surface area contributed by atoms with E-state index in [4.69, 9.17) is 5.11 Å². The van der Waals surface area contributed by atoms with Crippen LogP contribution in [0.3, 0.4) is 0 Å². The summed E-state index contributed by atoms with van der Waals surface area (Å²) in [6, 6.07) is 0. The maximum absolute atomic E-state index is 11.3. The molecule has 2 nitrogen and oxygen atoms in total. The van der Waals surface area contributed by atoms with E-state index < -0.39 is 0 Å². The van der Waals surface area contributed by atoms with Gasteiger partial charge in [0.15, 0.2) is 0 Å². The summed E-state index contributed by atoms with van der Waals surface area (Å²) in [6.07, 6.45) is 0.542. The number of hydrogen-bond donors (Lipinski definition) is 2. The fourth-order valence-electron chi connectivity index (χ4n) is 0.396. The zero-order chi connectivity index (χ0) is 6.24. The SMILES string of the molecule is OCCNCCCF. The zero-order valence-corrected chi connectivity index (χ0v) is 4.86. The van der Waals surface area contributed by atoms with Gasteiger partial charge in [0.25, 0.3) is 0 Å². The number of aliphatic hydroxyl groups is 1. The highest BCUT2D eigenvalue weighted by Gasteiger charge is 1.82. The first-order chi connectivity index (χ1) is 3.91. The molecule has 0 aromatic heterocycles. The van der Waals surface area contributed by atoms with Gasteiger partial charge in [-0.1, -0.05) is 0 Å². The van der Waals surface area contributed by atoms with Gasteiger partial charge in [-0.2, -0.15) is 0 Å². The summed E-state index contributed by atoms with van der Waals surface area (Å²) in [5.74, 6) is 0. The summed E-state index contributed by atoms with van der Waals surface area (Å²) < 4.78 is 11.3. The minimum absolute atomic E-state index is 0.131. The van der Waals surface area contributed by atoms with Crippen molar-refractivity contribution in [3.8, 4) is 0 Å². The van der Waals surface area contributed by atoms with Crippen molar-refractivity contribution in [2.45, 2.75) is 6.42 Å². The molecule has 0 spiro atoms. The van der Waals surface area contributed by atoms with Gasteiger partial charge in [-0.3, -0.25) is 4.39 Å². The molecule has 50 valence electrons. The van der Waals surface area contributed by atoms with Crippen molar-refractivity contribution < 1.29 is 9.50 Å². The molecule has 0 radical (unpaired) electrons. The van der Waals surface area contributed by atoms with Crippen molar-refractivity contribution in [1.82, 2.24) is 5.32 Å². The second-order valence-electron chi connectivity index (χ2n) is 1.52. The standard InChI is InChI=1S/C5H12FNO/c6-2-1-3-7-4-5-8/h7-8H,1-5H2. The first-order valence-corrected chi connectivity index (χ1v) is 2.79. The molecular weight excluding hydrogens is 109 g/mol. The molecule has 0 amide bonds. The Hall–Kier alpha value is -0.150. The molecule has 0 atom stereocenters. The van der Waals surface area contributed by atoms with Crippen LogP contribution in [0.15, 0.2) is 0 Å². The number of aliphatic hydroxyl groups excluding tert-OH is 1. The Labute approximate surface area is 48.7 Å². The smallest absolute Gasteiger partial charge is 0.0906 e. The fourth-order valence-corrected chi connectivity index (χ4v) is 0.396. The molecule has 0 aliphatic carbocycles. The number of nitrogens with one attached hydrogen (secondary N) is 1. The van der Waals surface area contributed by atoms with E-state index in [0.29, 0.717) is 19.5 Å². The van der Waals surface area contributed by atoms with Gasteiger partial charge in [0.05, 0.1) is 13.3 Å². The number of rotatable bonds is 5. The highest BCUT2D eigenvalue weighted by Crippen LogP contribution is 1.74. The van der Waals surface area contributed by atoms with E-state index in [-0.39, 0.29) is 13.3 Å². The van der Waals surface area contributed by atoms with Crippen molar-refractivity contribution in [2.24, 2.45) is 0 Å². The number of alkyl halides is 1. The third-order valence-corrected chi connectivity index (χ3v) is 0.776. The van der Waals surface area contributed by atoms with Crippen molar-refractivity contribution in [2.75, 3.05) is 26.4 Å². The topological polar surface area (TPSA) is 32.3 Å². The van der Waals surface area contributed by atoms with Crippen LogP contribution < -0.4 is 5.32 Å². The van der Waals surface area contributed by atoms with Crippen LogP contribution in [0, 0.1) is 0 Å². The Kier molecular flexibility index (Phi) is 6.72. The molecular formula is C5H12FNO. The van der Waals surface area contributed by atoms with E-state index in [9.17, 15) is 4.39 Å². The van der Waals surface area contributed by atoms with E-state index in [1.54, 1.807) is 0 Å². The quantitative estimate of drug-likeness (QED) is 0.499. The molecule has 0 bridgehead atoms. The van der Waals surface area contributed by atoms with Crippen molar-refractivity contribution in [3.63, 3.8) is 0 Å². The maximum atomic E-state index is 11.3. The highest BCUT2D eigenvalue weighted by molar-refractivity contribution is 4.43. The highest BCUT2D eigenvalue weighted by atomic mass is 19.1. The molecule has 0 rings (SSSR count). The molecule has 2 N–H and O–H groups in total. The molecule has 8 heavy (non-hydrogen) atoms. The third-order valence-electron chi connectivity index (χ3n) is 0.776. The molecule has 0 saturated heterocycles. The summed E-state index contributed by atoms with van der Waals surface area (Å²) >= 11 is 0. The molecule has 0 fully saturated rings. The Morgan fingerprint density at radius 1 is 1.38 bits per heavy atom. The van der Waals surface area contributed by atoms with Gasteiger partial charge in [-0.25, -0.2) is 0 Å². The van der Waals surface area contributed by atoms with Crippen LogP contribution in [-0.4, -0.2) is 31.5 Å². The van der Waals surface area contributed by atoms with Gasteiger partial charge in [0, 0.05) is 6.54 Å². The van der Waals surface area contributed by atoms with Gasteiger partial charge in [-0.05, 0) is 13.0 Å². The van der Waals surface area contributed by atoms with Crippen LogP contribution in [0.4, 0.5) is 4.39 Å². The van der Waals surface area contributed by atoms with Gasteiger partial charge >= 0.3 is 0 Å². The minimum Gasteiger partial charge on any atom is -0.395 e. The first kappa shape index (κ1) is 7.85. The number of halogens is 1. The van der Waals surface area contributed by atoms with Gasteiger partial charge < -0.3 is 10.4 Å². The molecule has 0 aromatic carbocycles.